The number of aryl methyl sites for hydroxylation is 1. The molecular formula is C20H34N4O2S. The lowest BCUT2D eigenvalue weighted by atomic mass is 10.0. The molecule has 2 N–H and O–H groups in total. The van der Waals surface area contributed by atoms with Gasteiger partial charge in [-0.3, -0.25) is 9.89 Å². The van der Waals surface area contributed by atoms with Crippen molar-refractivity contribution < 1.29 is 8.42 Å². The average Bonchev–Trinajstić information content (AvgIpc) is 3.14. The molecule has 2 atom stereocenters. The molecule has 152 valence electrons. The third-order valence-corrected chi connectivity index (χ3v) is 6.01. The first kappa shape index (κ1) is 21.7. The minimum Gasteiger partial charge on any atom is -0.354 e. The van der Waals surface area contributed by atoms with Crippen LogP contribution in [0, 0.1) is 6.92 Å². The van der Waals surface area contributed by atoms with Crippen molar-refractivity contribution in [3.8, 4) is 0 Å². The third kappa shape index (κ3) is 7.50. The summed E-state index contributed by atoms with van der Waals surface area (Å²) < 4.78 is 22.7. The predicted octanol–water partition coefficient (Wildman–Crippen LogP) is 2.12. The Bertz CT molecular complexity index is 710. The fourth-order valence-corrected chi connectivity index (χ4v) is 4.17. The second kappa shape index (κ2) is 10.1. The highest BCUT2D eigenvalue weighted by Crippen LogP contribution is 2.24. The molecule has 0 bridgehead atoms. The van der Waals surface area contributed by atoms with Crippen molar-refractivity contribution in [2.24, 2.45) is 4.99 Å². The molecule has 1 fully saturated rings. The van der Waals surface area contributed by atoms with Gasteiger partial charge in [-0.2, -0.15) is 0 Å². The number of nitrogens with zero attached hydrogens (tertiary/aromatic N) is 2. The van der Waals surface area contributed by atoms with Crippen LogP contribution in [0.5, 0.6) is 0 Å². The van der Waals surface area contributed by atoms with Crippen LogP contribution in [0.1, 0.15) is 43.4 Å². The molecular weight excluding hydrogens is 360 g/mol. The molecule has 1 aromatic carbocycles. The average molecular weight is 395 g/mol. The summed E-state index contributed by atoms with van der Waals surface area (Å²) in [6, 6.07) is 9.10. The van der Waals surface area contributed by atoms with Crippen molar-refractivity contribution in [3.63, 3.8) is 0 Å². The van der Waals surface area contributed by atoms with Crippen molar-refractivity contribution in [1.82, 2.24) is 15.5 Å². The van der Waals surface area contributed by atoms with Crippen molar-refractivity contribution in [2.75, 3.05) is 38.7 Å². The number of benzene rings is 1. The largest absolute Gasteiger partial charge is 0.354 e. The van der Waals surface area contributed by atoms with Gasteiger partial charge in [-0.15, -0.1) is 0 Å². The summed E-state index contributed by atoms with van der Waals surface area (Å²) in [5, 5.41) is 6.74. The molecule has 2 rings (SSSR count). The summed E-state index contributed by atoms with van der Waals surface area (Å²) in [7, 11) is -1.20. The Hall–Kier alpha value is -1.60. The van der Waals surface area contributed by atoms with Gasteiger partial charge in [0, 0.05) is 25.9 Å². The van der Waals surface area contributed by atoms with E-state index in [0.29, 0.717) is 18.4 Å². The van der Waals surface area contributed by atoms with Gasteiger partial charge in [-0.1, -0.05) is 29.8 Å². The number of sulfone groups is 1. The lowest BCUT2D eigenvalue weighted by molar-refractivity contribution is 0.245. The van der Waals surface area contributed by atoms with Crippen LogP contribution in [0.15, 0.2) is 29.3 Å². The summed E-state index contributed by atoms with van der Waals surface area (Å²) in [4.78, 5) is 6.83. The van der Waals surface area contributed by atoms with Crippen LogP contribution in [0.4, 0.5) is 0 Å². The Labute approximate surface area is 164 Å². The first-order valence-corrected chi connectivity index (χ1v) is 11.8. The van der Waals surface area contributed by atoms with Gasteiger partial charge >= 0.3 is 0 Å². The maximum absolute atomic E-state index is 11.4. The van der Waals surface area contributed by atoms with Crippen LogP contribution in [-0.2, 0) is 9.84 Å². The number of hydrogen-bond acceptors (Lipinski definition) is 4. The van der Waals surface area contributed by atoms with E-state index in [0.717, 1.165) is 19.6 Å². The molecule has 0 spiro atoms. The molecule has 2 unspecified atom stereocenters. The SMILES string of the molecule is CN=C(NCC(c1ccc(C)cc1)N1CCCC1)NC(C)CCS(C)(=O)=O. The van der Waals surface area contributed by atoms with Crippen LogP contribution < -0.4 is 10.6 Å². The first-order valence-electron chi connectivity index (χ1n) is 9.74. The highest BCUT2D eigenvalue weighted by Gasteiger charge is 2.23. The monoisotopic (exact) mass is 394 g/mol. The summed E-state index contributed by atoms with van der Waals surface area (Å²) in [5.74, 6) is 0.894. The summed E-state index contributed by atoms with van der Waals surface area (Å²) in [5.41, 5.74) is 2.58. The second-order valence-electron chi connectivity index (χ2n) is 7.59. The van der Waals surface area contributed by atoms with Gasteiger partial charge in [0.25, 0.3) is 0 Å². The molecule has 1 aliphatic rings. The molecule has 7 heteroatoms. The smallest absolute Gasteiger partial charge is 0.191 e. The second-order valence-corrected chi connectivity index (χ2v) is 9.85. The molecule has 6 nitrogen and oxygen atoms in total. The Morgan fingerprint density at radius 1 is 1.22 bits per heavy atom. The van der Waals surface area contributed by atoms with Crippen LogP contribution >= 0.6 is 0 Å². The number of rotatable bonds is 8. The maximum atomic E-state index is 11.4. The minimum atomic E-state index is -2.95. The Kier molecular flexibility index (Phi) is 8.10. The zero-order valence-electron chi connectivity index (χ0n) is 17.0. The molecule has 1 saturated heterocycles. The van der Waals surface area contributed by atoms with Gasteiger partial charge in [-0.05, 0) is 51.8 Å². The lowest BCUT2D eigenvalue weighted by Crippen LogP contribution is -2.46. The zero-order chi connectivity index (χ0) is 19.9. The quantitative estimate of drug-likeness (QED) is 0.522. The number of aliphatic imine (C=N–C) groups is 1. The van der Waals surface area contributed by atoms with Crippen molar-refractivity contribution in [2.45, 2.75) is 45.2 Å². The molecule has 0 radical (unpaired) electrons. The van der Waals surface area contributed by atoms with E-state index < -0.39 is 9.84 Å². The molecule has 1 heterocycles. The van der Waals surface area contributed by atoms with E-state index >= 15 is 0 Å². The Morgan fingerprint density at radius 3 is 2.41 bits per heavy atom. The van der Waals surface area contributed by atoms with Crippen LogP contribution in [0.3, 0.4) is 0 Å². The van der Waals surface area contributed by atoms with Gasteiger partial charge < -0.3 is 10.6 Å². The number of nitrogens with one attached hydrogen (secondary N) is 2. The molecule has 1 aromatic rings. The summed E-state index contributed by atoms with van der Waals surface area (Å²) in [6.07, 6.45) is 4.33. The number of likely N-dealkylation sites (tertiary alicyclic amines) is 1. The predicted molar refractivity (Wildman–Crippen MR) is 113 cm³/mol. The fourth-order valence-electron chi connectivity index (χ4n) is 3.38. The molecule has 1 aliphatic heterocycles. The standard InChI is InChI=1S/C20H34N4O2S/c1-16-7-9-18(10-8-16)19(24-12-5-6-13-24)15-22-20(21-3)23-17(2)11-14-27(4,25)26/h7-10,17,19H,5-6,11-15H2,1-4H3,(H2,21,22,23). The highest BCUT2D eigenvalue weighted by atomic mass is 32.2. The normalized spacial score (nSPS) is 18.3. The molecule has 0 amide bonds. The number of hydrogen-bond donors (Lipinski definition) is 2. The van der Waals surface area contributed by atoms with Gasteiger partial charge in [0.2, 0.25) is 0 Å². The molecule has 0 saturated carbocycles. The van der Waals surface area contributed by atoms with E-state index in [9.17, 15) is 8.42 Å². The molecule has 27 heavy (non-hydrogen) atoms. The van der Waals surface area contributed by atoms with Gasteiger partial charge in [0.1, 0.15) is 9.84 Å². The van der Waals surface area contributed by atoms with E-state index in [1.807, 2.05) is 6.92 Å². The van der Waals surface area contributed by atoms with Crippen molar-refractivity contribution >= 4 is 15.8 Å². The lowest BCUT2D eigenvalue weighted by Gasteiger charge is -2.29. The van der Waals surface area contributed by atoms with E-state index in [4.69, 9.17) is 0 Å². The highest BCUT2D eigenvalue weighted by molar-refractivity contribution is 7.90. The number of guanidine groups is 1. The topological polar surface area (TPSA) is 73.8 Å². The van der Waals surface area contributed by atoms with Gasteiger partial charge in [0.15, 0.2) is 5.96 Å². The summed E-state index contributed by atoms with van der Waals surface area (Å²) in [6.45, 7) is 7.10. The molecule has 0 aliphatic carbocycles. The fraction of sp³-hybridized carbons (Fsp3) is 0.650. The van der Waals surface area contributed by atoms with Gasteiger partial charge in [0.05, 0.1) is 11.8 Å². The minimum absolute atomic E-state index is 0.0375. The Balaban J connectivity index is 1.96. The van der Waals surface area contributed by atoms with Crippen molar-refractivity contribution in [3.05, 3.63) is 35.4 Å². The van der Waals surface area contributed by atoms with Crippen LogP contribution in [0.25, 0.3) is 0 Å². The van der Waals surface area contributed by atoms with Gasteiger partial charge in [-0.25, -0.2) is 8.42 Å². The molecule has 0 aromatic heterocycles. The van der Waals surface area contributed by atoms with Crippen LogP contribution in [-0.4, -0.2) is 64.0 Å². The van der Waals surface area contributed by atoms with E-state index in [1.165, 1.54) is 30.2 Å². The van der Waals surface area contributed by atoms with E-state index in [1.54, 1.807) is 7.05 Å². The zero-order valence-corrected chi connectivity index (χ0v) is 17.8. The van der Waals surface area contributed by atoms with Crippen molar-refractivity contribution in [1.29, 1.82) is 0 Å². The summed E-state index contributed by atoms with van der Waals surface area (Å²) >= 11 is 0. The first-order chi connectivity index (χ1) is 12.8. The third-order valence-electron chi connectivity index (χ3n) is 5.03. The van der Waals surface area contributed by atoms with Crippen LogP contribution in [0.2, 0.25) is 0 Å². The van der Waals surface area contributed by atoms with E-state index in [-0.39, 0.29) is 11.8 Å². The maximum Gasteiger partial charge on any atom is 0.191 e. The Morgan fingerprint density at radius 2 is 1.85 bits per heavy atom. The van der Waals surface area contributed by atoms with E-state index in [2.05, 4.69) is 51.7 Å².